The molecule has 3 heterocycles. The van der Waals surface area contributed by atoms with Crippen molar-refractivity contribution in [2.75, 3.05) is 49.2 Å². The Balaban J connectivity index is 1.46. The van der Waals surface area contributed by atoms with E-state index < -0.39 is 10.0 Å². The zero-order valence-electron chi connectivity index (χ0n) is 20.8. The molecule has 0 amide bonds. The van der Waals surface area contributed by atoms with Crippen molar-refractivity contribution < 1.29 is 17.9 Å². The molecule has 0 spiro atoms. The number of fused-ring (bicyclic) bond motifs is 1. The molecule has 10 nitrogen and oxygen atoms in total. The van der Waals surface area contributed by atoms with E-state index in [-0.39, 0.29) is 5.75 Å². The molecule has 0 bridgehead atoms. The van der Waals surface area contributed by atoms with Crippen molar-refractivity contribution in [3.8, 4) is 17.0 Å². The van der Waals surface area contributed by atoms with Crippen molar-refractivity contribution in [3.05, 3.63) is 66.4 Å². The molecule has 5 rings (SSSR count). The molecule has 2 aromatic heterocycles. The first-order valence-electron chi connectivity index (χ1n) is 12.1. The van der Waals surface area contributed by atoms with Crippen LogP contribution < -0.4 is 14.8 Å². The minimum Gasteiger partial charge on any atom is -0.495 e. The van der Waals surface area contributed by atoms with E-state index in [1.54, 1.807) is 36.9 Å². The van der Waals surface area contributed by atoms with Crippen LogP contribution in [0, 0.1) is 0 Å². The maximum atomic E-state index is 12.3. The summed E-state index contributed by atoms with van der Waals surface area (Å²) in [4.78, 5) is 6.84. The fourth-order valence-electron chi connectivity index (χ4n) is 4.29. The van der Waals surface area contributed by atoms with Gasteiger partial charge in [-0.15, -0.1) is 5.10 Å². The van der Waals surface area contributed by atoms with E-state index in [2.05, 4.69) is 26.0 Å². The van der Waals surface area contributed by atoms with E-state index in [4.69, 9.17) is 14.6 Å². The average molecular weight is 523 g/mol. The van der Waals surface area contributed by atoms with Gasteiger partial charge >= 0.3 is 0 Å². The predicted octanol–water partition coefficient (Wildman–Crippen LogP) is 3.74. The van der Waals surface area contributed by atoms with E-state index >= 15 is 0 Å². The number of hydrogen-bond acceptors (Lipinski definition) is 8. The van der Waals surface area contributed by atoms with Crippen LogP contribution in [0.3, 0.4) is 0 Å². The molecule has 1 aliphatic heterocycles. The molecule has 0 saturated carbocycles. The van der Waals surface area contributed by atoms with Crippen molar-refractivity contribution in [2.45, 2.75) is 13.5 Å². The summed E-state index contributed by atoms with van der Waals surface area (Å²) in [5, 5.41) is 8.02. The summed E-state index contributed by atoms with van der Waals surface area (Å²) in [6, 6.07) is 17.1. The fraction of sp³-hybridized carbons (Fsp3) is 0.308. The third-order valence-electron chi connectivity index (χ3n) is 6.27. The van der Waals surface area contributed by atoms with Gasteiger partial charge in [-0.2, -0.15) is 0 Å². The lowest BCUT2D eigenvalue weighted by Crippen LogP contribution is -2.35. The van der Waals surface area contributed by atoms with Gasteiger partial charge in [-0.3, -0.25) is 9.62 Å². The van der Waals surface area contributed by atoms with Gasteiger partial charge in [-0.25, -0.2) is 17.9 Å². The second-order valence-electron chi connectivity index (χ2n) is 8.74. The average Bonchev–Trinajstić information content (AvgIpc) is 3.33. The van der Waals surface area contributed by atoms with E-state index in [9.17, 15) is 8.42 Å². The molecule has 1 fully saturated rings. The Morgan fingerprint density at radius 3 is 2.65 bits per heavy atom. The number of nitrogens with one attached hydrogen (secondary N) is 2. The molecule has 11 heteroatoms. The topological polar surface area (TPSA) is 110 Å². The van der Waals surface area contributed by atoms with Gasteiger partial charge in [0.05, 0.1) is 54.9 Å². The SMILES string of the molecule is CCS(=O)(=O)Nc1ccccc1-c1ccc2cnc(Nc3cc(CN4CCOCC4)ccc3OC)nn12. The number of rotatable bonds is 9. The van der Waals surface area contributed by atoms with Crippen molar-refractivity contribution in [1.29, 1.82) is 0 Å². The molecule has 0 aliphatic carbocycles. The van der Waals surface area contributed by atoms with Crippen LogP contribution in [-0.4, -0.2) is 67.1 Å². The zero-order chi connectivity index (χ0) is 25.8. The Morgan fingerprint density at radius 2 is 1.86 bits per heavy atom. The van der Waals surface area contributed by atoms with Crippen molar-refractivity contribution in [2.24, 2.45) is 0 Å². The lowest BCUT2D eigenvalue weighted by atomic mass is 10.1. The molecule has 0 unspecified atom stereocenters. The van der Waals surface area contributed by atoms with E-state index in [1.165, 1.54) is 0 Å². The summed E-state index contributed by atoms with van der Waals surface area (Å²) in [7, 11) is -1.81. The van der Waals surface area contributed by atoms with Gasteiger partial charge in [0, 0.05) is 25.2 Å². The molecule has 2 aromatic carbocycles. The first-order chi connectivity index (χ1) is 18.0. The Kier molecular flexibility index (Phi) is 7.26. The van der Waals surface area contributed by atoms with Crippen LogP contribution in [0.25, 0.3) is 16.8 Å². The first-order valence-corrected chi connectivity index (χ1v) is 13.8. The summed E-state index contributed by atoms with van der Waals surface area (Å²) in [5.41, 5.74) is 4.64. The molecule has 37 heavy (non-hydrogen) atoms. The minimum atomic E-state index is -3.44. The standard InChI is InChI=1S/C26H30N6O4S/c1-3-37(33,34)30-22-7-5-4-6-21(22)24-10-9-20-17-27-26(29-32(20)24)28-23-16-19(8-11-25(23)35-2)18-31-12-14-36-15-13-31/h4-11,16-17,30H,3,12-15,18H2,1-2H3,(H,28,29). The number of anilines is 3. The van der Waals surface area contributed by atoms with Crippen molar-refractivity contribution in [3.63, 3.8) is 0 Å². The van der Waals surface area contributed by atoms with Gasteiger partial charge in [0.2, 0.25) is 16.0 Å². The molecule has 0 atom stereocenters. The summed E-state index contributed by atoms with van der Waals surface area (Å²) in [6.07, 6.45) is 1.72. The summed E-state index contributed by atoms with van der Waals surface area (Å²) in [6.45, 7) is 5.72. The summed E-state index contributed by atoms with van der Waals surface area (Å²) < 4.78 is 40.0. The van der Waals surface area contributed by atoms with Crippen molar-refractivity contribution >= 4 is 32.9 Å². The molecule has 0 radical (unpaired) electrons. The second-order valence-corrected chi connectivity index (χ2v) is 10.7. The Hall–Kier alpha value is -3.67. The van der Waals surface area contributed by atoms with Gasteiger partial charge in [0.1, 0.15) is 5.75 Å². The molecule has 1 saturated heterocycles. The van der Waals surface area contributed by atoms with Gasteiger partial charge in [-0.05, 0) is 42.8 Å². The lowest BCUT2D eigenvalue weighted by molar-refractivity contribution is 0.0342. The third-order valence-corrected chi connectivity index (χ3v) is 7.56. The number of morpholine rings is 1. The molecule has 194 valence electrons. The highest BCUT2D eigenvalue weighted by Crippen LogP contribution is 2.31. The van der Waals surface area contributed by atoms with Crippen LogP contribution in [0.2, 0.25) is 0 Å². The minimum absolute atomic E-state index is 0.0150. The smallest absolute Gasteiger partial charge is 0.245 e. The number of nitrogens with zero attached hydrogens (tertiary/aromatic N) is 4. The van der Waals surface area contributed by atoms with Gasteiger partial charge < -0.3 is 14.8 Å². The van der Waals surface area contributed by atoms with Gasteiger partial charge in [0.15, 0.2) is 0 Å². The quantitative estimate of drug-likeness (QED) is 0.342. The summed E-state index contributed by atoms with van der Waals surface area (Å²) in [5.74, 6) is 1.05. The van der Waals surface area contributed by atoms with E-state index in [0.29, 0.717) is 22.9 Å². The molecule has 2 N–H and O–H groups in total. The number of benzene rings is 2. The number of sulfonamides is 1. The Bertz CT molecular complexity index is 1500. The molecular formula is C26H30N6O4S. The number of ether oxygens (including phenoxy) is 2. The Morgan fingerprint density at radius 1 is 1.05 bits per heavy atom. The predicted molar refractivity (Wildman–Crippen MR) is 144 cm³/mol. The lowest BCUT2D eigenvalue weighted by Gasteiger charge is -2.26. The molecular weight excluding hydrogens is 492 g/mol. The summed E-state index contributed by atoms with van der Waals surface area (Å²) >= 11 is 0. The fourth-order valence-corrected chi connectivity index (χ4v) is 4.94. The highest BCUT2D eigenvalue weighted by Gasteiger charge is 2.16. The van der Waals surface area contributed by atoms with Crippen LogP contribution in [-0.2, 0) is 21.3 Å². The van der Waals surface area contributed by atoms with Crippen molar-refractivity contribution in [1.82, 2.24) is 19.5 Å². The normalized spacial score (nSPS) is 14.5. The molecule has 4 aromatic rings. The van der Waals surface area contributed by atoms with Gasteiger partial charge in [-0.1, -0.05) is 24.3 Å². The van der Waals surface area contributed by atoms with Crippen LogP contribution >= 0.6 is 0 Å². The second kappa shape index (κ2) is 10.8. The van der Waals surface area contributed by atoms with E-state index in [1.807, 2.05) is 36.4 Å². The number of hydrogen-bond donors (Lipinski definition) is 2. The maximum absolute atomic E-state index is 12.3. The largest absolute Gasteiger partial charge is 0.495 e. The number of para-hydroxylation sites is 1. The van der Waals surface area contributed by atoms with E-state index in [0.717, 1.165) is 55.3 Å². The van der Waals surface area contributed by atoms with Gasteiger partial charge in [0.25, 0.3) is 0 Å². The van der Waals surface area contributed by atoms with Crippen LogP contribution in [0.4, 0.5) is 17.3 Å². The third kappa shape index (κ3) is 5.68. The Labute approximate surface area is 216 Å². The zero-order valence-corrected chi connectivity index (χ0v) is 21.7. The van der Waals surface area contributed by atoms with Crippen LogP contribution in [0.1, 0.15) is 12.5 Å². The monoisotopic (exact) mass is 522 g/mol. The van der Waals surface area contributed by atoms with Crippen LogP contribution in [0.15, 0.2) is 60.8 Å². The van der Waals surface area contributed by atoms with Crippen LogP contribution in [0.5, 0.6) is 5.75 Å². The highest BCUT2D eigenvalue weighted by atomic mass is 32.2. The first kappa shape index (κ1) is 25.0. The highest BCUT2D eigenvalue weighted by molar-refractivity contribution is 7.92. The number of methoxy groups -OCH3 is 1. The number of aromatic nitrogens is 3. The maximum Gasteiger partial charge on any atom is 0.245 e. The molecule has 1 aliphatic rings.